The third-order valence-electron chi connectivity index (χ3n) is 3.99. The van der Waals surface area contributed by atoms with Crippen LogP contribution in [0.25, 0.3) is 0 Å². The van der Waals surface area contributed by atoms with Crippen LogP contribution in [0.15, 0.2) is 82.3 Å². The smallest absolute Gasteiger partial charge is 0.233 e. The predicted octanol–water partition coefficient (Wildman–Crippen LogP) is 5.00. The molecule has 5 heteroatoms. The summed E-state index contributed by atoms with van der Waals surface area (Å²) < 4.78 is 10.9. The first kappa shape index (κ1) is 19.1. The molecule has 1 aromatic heterocycles. The van der Waals surface area contributed by atoms with Crippen molar-refractivity contribution in [1.29, 1.82) is 0 Å². The number of ether oxygens (including phenoxy) is 1. The monoisotopic (exact) mass is 381 g/mol. The van der Waals surface area contributed by atoms with Crippen molar-refractivity contribution in [3.8, 4) is 5.75 Å². The lowest BCUT2D eigenvalue weighted by Crippen LogP contribution is -2.31. The Labute approximate surface area is 164 Å². The molecule has 0 bridgehead atoms. The molecule has 0 aliphatic heterocycles. The highest BCUT2D eigenvalue weighted by Gasteiger charge is 2.16. The molecule has 0 N–H and O–H groups in total. The summed E-state index contributed by atoms with van der Waals surface area (Å²) in [5, 5.41) is 0. The zero-order valence-corrected chi connectivity index (χ0v) is 16.2. The van der Waals surface area contributed by atoms with E-state index in [0.717, 1.165) is 22.0 Å². The van der Waals surface area contributed by atoms with Gasteiger partial charge < -0.3 is 14.1 Å². The number of hydrogen-bond acceptors (Lipinski definition) is 4. The summed E-state index contributed by atoms with van der Waals surface area (Å²) in [7, 11) is 0. The zero-order valence-electron chi connectivity index (χ0n) is 15.3. The van der Waals surface area contributed by atoms with Crippen LogP contribution in [0.1, 0.15) is 18.2 Å². The van der Waals surface area contributed by atoms with Crippen molar-refractivity contribution >= 4 is 17.7 Å². The standard InChI is InChI=1S/C22H23NO3S/c1-2-25-19-10-12-21(13-11-19)27-17-22(24)23(16-20-9-6-14-26-20)15-18-7-4-3-5-8-18/h3-14H,2,15-17H2,1H3. The number of carbonyl (C=O) groups is 1. The van der Waals surface area contributed by atoms with Gasteiger partial charge in [-0.05, 0) is 48.9 Å². The molecule has 0 radical (unpaired) electrons. The SMILES string of the molecule is CCOc1ccc(SCC(=O)N(Cc2ccccc2)Cc2ccco2)cc1. The molecule has 0 saturated carbocycles. The molecule has 0 aliphatic carbocycles. The molecule has 1 amide bonds. The maximum Gasteiger partial charge on any atom is 0.233 e. The first-order chi connectivity index (χ1) is 13.2. The van der Waals surface area contributed by atoms with E-state index in [1.807, 2.05) is 78.6 Å². The Bertz CT molecular complexity index is 817. The number of benzene rings is 2. The summed E-state index contributed by atoms with van der Waals surface area (Å²) in [6.45, 7) is 3.63. The normalized spacial score (nSPS) is 10.6. The van der Waals surface area contributed by atoms with Crippen LogP contribution in [0.2, 0.25) is 0 Å². The van der Waals surface area contributed by atoms with E-state index in [1.54, 1.807) is 6.26 Å². The van der Waals surface area contributed by atoms with Gasteiger partial charge in [-0.25, -0.2) is 0 Å². The van der Waals surface area contributed by atoms with Gasteiger partial charge in [0.2, 0.25) is 5.91 Å². The lowest BCUT2D eigenvalue weighted by Gasteiger charge is -2.22. The van der Waals surface area contributed by atoms with Crippen LogP contribution >= 0.6 is 11.8 Å². The fourth-order valence-corrected chi connectivity index (χ4v) is 3.46. The van der Waals surface area contributed by atoms with Crippen LogP contribution in [0, 0.1) is 0 Å². The topological polar surface area (TPSA) is 42.7 Å². The molecular formula is C22H23NO3S. The van der Waals surface area contributed by atoms with E-state index in [-0.39, 0.29) is 5.91 Å². The first-order valence-electron chi connectivity index (χ1n) is 8.94. The van der Waals surface area contributed by atoms with Gasteiger partial charge >= 0.3 is 0 Å². The van der Waals surface area contributed by atoms with Gasteiger partial charge in [0, 0.05) is 11.4 Å². The molecule has 3 rings (SSSR count). The van der Waals surface area contributed by atoms with E-state index < -0.39 is 0 Å². The average Bonchev–Trinajstić information content (AvgIpc) is 3.21. The van der Waals surface area contributed by atoms with Gasteiger partial charge in [0.15, 0.2) is 0 Å². The van der Waals surface area contributed by atoms with E-state index in [1.165, 1.54) is 11.8 Å². The van der Waals surface area contributed by atoms with Gasteiger partial charge in [-0.15, -0.1) is 11.8 Å². The number of amides is 1. The summed E-state index contributed by atoms with van der Waals surface area (Å²) in [6, 6.07) is 21.6. The van der Waals surface area contributed by atoms with Crippen molar-refractivity contribution in [2.24, 2.45) is 0 Å². The highest BCUT2D eigenvalue weighted by atomic mass is 32.2. The van der Waals surface area contributed by atoms with Crippen LogP contribution in [0.3, 0.4) is 0 Å². The lowest BCUT2D eigenvalue weighted by atomic mass is 10.2. The molecule has 0 atom stereocenters. The van der Waals surface area contributed by atoms with Crippen LogP contribution in [0.5, 0.6) is 5.75 Å². The predicted molar refractivity (Wildman–Crippen MR) is 108 cm³/mol. The third kappa shape index (κ3) is 5.93. The first-order valence-corrected chi connectivity index (χ1v) is 9.93. The molecule has 0 fully saturated rings. The second kappa shape index (κ2) is 9.88. The van der Waals surface area contributed by atoms with E-state index in [4.69, 9.17) is 9.15 Å². The summed E-state index contributed by atoms with van der Waals surface area (Å²) >= 11 is 1.53. The summed E-state index contributed by atoms with van der Waals surface area (Å²) in [5.74, 6) is 2.08. The maximum atomic E-state index is 12.9. The van der Waals surface area contributed by atoms with E-state index in [2.05, 4.69) is 0 Å². The summed E-state index contributed by atoms with van der Waals surface area (Å²) in [6.07, 6.45) is 1.63. The minimum absolute atomic E-state index is 0.0779. The second-order valence-electron chi connectivity index (χ2n) is 6.01. The molecule has 27 heavy (non-hydrogen) atoms. The van der Waals surface area contributed by atoms with E-state index in [9.17, 15) is 4.79 Å². The Morgan fingerprint density at radius 1 is 1.00 bits per heavy atom. The van der Waals surface area contributed by atoms with E-state index >= 15 is 0 Å². The van der Waals surface area contributed by atoms with Crippen LogP contribution in [-0.4, -0.2) is 23.2 Å². The Morgan fingerprint density at radius 3 is 2.44 bits per heavy atom. The van der Waals surface area contributed by atoms with Gasteiger partial charge in [0.25, 0.3) is 0 Å². The second-order valence-corrected chi connectivity index (χ2v) is 7.06. The van der Waals surface area contributed by atoms with Gasteiger partial charge in [-0.3, -0.25) is 4.79 Å². The van der Waals surface area contributed by atoms with Gasteiger partial charge in [0.1, 0.15) is 11.5 Å². The molecule has 3 aromatic rings. The van der Waals surface area contributed by atoms with E-state index in [0.29, 0.717) is 25.4 Å². The Balaban J connectivity index is 1.62. The zero-order chi connectivity index (χ0) is 18.9. The number of nitrogens with zero attached hydrogens (tertiary/aromatic N) is 1. The van der Waals surface area contributed by atoms with Crippen LogP contribution in [-0.2, 0) is 17.9 Å². The lowest BCUT2D eigenvalue weighted by molar-refractivity contribution is -0.129. The van der Waals surface area contributed by atoms with Crippen molar-refractivity contribution in [2.45, 2.75) is 24.9 Å². The molecule has 0 spiro atoms. The third-order valence-corrected chi connectivity index (χ3v) is 4.99. The fraction of sp³-hybridized carbons (Fsp3) is 0.227. The van der Waals surface area contributed by atoms with Crippen molar-refractivity contribution < 1.29 is 13.9 Å². The fourth-order valence-electron chi connectivity index (χ4n) is 2.66. The van der Waals surface area contributed by atoms with Crippen molar-refractivity contribution in [3.63, 3.8) is 0 Å². The molecule has 2 aromatic carbocycles. The van der Waals surface area contributed by atoms with Crippen LogP contribution < -0.4 is 4.74 Å². The van der Waals surface area contributed by atoms with Gasteiger partial charge in [0.05, 0.1) is 25.2 Å². The molecule has 0 unspecified atom stereocenters. The van der Waals surface area contributed by atoms with Crippen molar-refractivity contribution in [2.75, 3.05) is 12.4 Å². The largest absolute Gasteiger partial charge is 0.494 e. The van der Waals surface area contributed by atoms with Gasteiger partial charge in [-0.1, -0.05) is 30.3 Å². The van der Waals surface area contributed by atoms with Crippen molar-refractivity contribution in [3.05, 3.63) is 84.3 Å². The number of hydrogen-bond donors (Lipinski definition) is 0. The molecule has 0 aliphatic rings. The summed E-state index contributed by atoms with van der Waals surface area (Å²) in [5.41, 5.74) is 1.10. The Hall–Kier alpha value is -2.66. The Morgan fingerprint density at radius 2 is 1.78 bits per heavy atom. The number of carbonyl (C=O) groups excluding carboxylic acids is 1. The molecule has 1 heterocycles. The highest BCUT2D eigenvalue weighted by Crippen LogP contribution is 2.22. The molecule has 140 valence electrons. The molecular weight excluding hydrogens is 358 g/mol. The molecule has 4 nitrogen and oxygen atoms in total. The number of furan rings is 1. The van der Waals surface area contributed by atoms with Crippen LogP contribution in [0.4, 0.5) is 0 Å². The minimum Gasteiger partial charge on any atom is -0.494 e. The number of rotatable bonds is 9. The Kier molecular flexibility index (Phi) is 6.99. The quantitative estimate of drug-likeness (QED) is 0.489. The highest BCUT2D eigenvalue weighted by molar-refractivity contribution is 8.00. The van der Waals surface area contributed by atoms with Crippen molar-refractivity contribution in [1.82, 2.24) is 4.90 Å². The average molecular weight is 381 g/mol. The minimum atomic E-state index is 0.0779. The van der Waals surface area contributed by atoms with Gasteiger partial charge in [-0.2, -0.15) is 0 Å². The number of thioether (sulfide) groups is 1. The maximum absolute atomic E-state index is 12.9. The summed E-state index contributed by atoms with van der Waals surface area (Å²) in [4.78, 5) is 15.7. The molecule has 0 saturated heterocycles.